The summed E-state index contributed by atoms with van der Waals surface area (Å²) >= 11 is 4.30. The van der Waals surface area contributed by atoms with E-state index >= 15 is 0 Å². The van der Waals surface area contributed by atoms with Gasteiger partial charge >= 0.3 is 5.97 Å². The molecule has 1 atom stereocenters. The average molecular weight is 368 g/mol. The van der Waals surface area contributed by atoms with Crippen LogP contribution in [0.25, 0.3) is 0 Å². The topological polar surface area (TPSA) is 74.7 Å². The van der Waals surface area contributed by atoms with Crippen molar-refractivity contribution in [2.24, 2.45) is 0 Å². The predicted octanol–water partition coefficient (Wildman–Crippen LogP) is 2.53. The molecule has 0 spiro atoms. The first kappa shape index (κ1) is 15.0. The predicted molar refractivity (Wildman–Crippen MR) is 75.8 cm³/mol. The molecule has 2 heterocycles. The van der Waals surface area contributed by atoms with Gasteiger partial charge < -0.3 is 5.11 Å². The number of nitrogens with zero attached hydrogens (tertiary/aromatic N) is 1. The smallest absolute Gasteiger partial charge is 0.322 e. The molecule has 0 amide bonds. The van der Waals surface area contributed by atoms with E-state index < -0.39 is 22.0 Å². The molecule has 1 aromatic heterocycles. The molecule has 106 valence electrons. The van der Waals surface area contributed by atoms with Crippen LogP contribution < -0.4 is 0 Å². The third-order valence-electron chi connectivity index (χ3n) is 3.12. The van der Waals surface area contributed by atoms with E-state index in [9.17, 15) is 18.3 Å². The number of sulfonamides is 1. The average Bonchev–Trinajstić information content (AvgIpc) is 2.64. The molecule has 0 aliphatic carbocycles. The Morgan fingerprint density at radius 2 is 2.16 bits per heavy atom. The Kier molecular flexibility index (Phi) is 4.65. The van der Waals surface area contributed by atoms with Crippen LogP contribution in [0.4, 0.5) is 0 Å². The fourth-order valence-electron chi connectivity index (χ4n) is 2.19. The van der Waals surface area contributed by atoms with Crippen LogP contribution in [0.2, 0.25) is 0 Å². The first-order valence-electron chi connectivity index (χ1n) is 5.92. The van der Waals surface area contributed by atoms with Gasteiger partial charge in [-0.15, -0.1) is 11.3 Å². The highest BCUT2D eigenvalue weighted by atomic mass is 79.9. The molecule has 0 radical (unpaired) electrons. The molecule has 5 nitrogen and oxygen atoms in total. The minimum Gasteiger partial charge on any atom is -0.480 e. The van der Waals surface area contributed by atoms with Crippen LogP contribution in [-0.4, -0.2) is 36.4 Å². The lowest BCUT2D eigenvalue weighted by Gasteiger charge is -2.25. The van der Waals surface area contributed by atoms with Crippen molar-refractivity contribution in [3.05, 3.63) is 15.9 Å². The van der Waals surface area contributed by atoms with E-state index in [4.69, 9.17) is 0 Å². The lowest BCUT2D eigenvalue weighted by molar-refractivity contribution is -0.141. The standard InChI is InChI=1S/C11H14BrNO4S2/c12-8-5-7-18-11(8)19(16,17)13-6-3-1-2-4-9(13)10(14)15/h5,7,9H,1-4,6H2,(H,14,15). The van der Waals surface area contributed by atoms with E-state index in [1.807, 2.05) is 0 Å². The van der Waals surface area contributed by atoms with Crippen molar-refractivity contribution in [3.8, 4) is 0 Å². The maximum Gasteiger partial charge on any atom is 0.322 e. The maximum absolute atomic E-state index is 12.6. The van der Waals surface area contributed by atoms with Crippen molar-refractivity contribution in [1.82, 2.24) is 4.31 Å². The zero-order chi connectivity index (χ0) is 14.0. The van der Waals surface area contributed by atoms with E-state index in [1.165, 1.54) is 0 Å². The van der Waals surface area contributed by atoms with Crippen LogP contribution in [0.3, 0.4) is 0 Å². The molecule has 19 heavy (non-hydrogen) atoms. The number of thiophene rings is 1. The summed E-state index contributed by atoms with van der Waals surface area (Å²) in [5, 5.41) is 10.9. The zero-order valence-corrected chi connectivity index (χ0v) is 13.3. The van der Waals surface area contributed by atoms with Gasteiger partial charge in [0.1, 0.15) is 10.3 Å². The van der Waals surface area contributed by atoms with Crippen molar-refractivity contribution in [2.75, 3.05) is 6.54 Å². The second-order valence-electron chi connectivity index (χ2n) is 4.38. The summed E-state index contributed by atoms with van der Waals surface area (Å²) in [5.41, 5.74) is 0. The molecule has 2 rings (SSSR count). The minimum absolute atomic E-state index is 0.181. The van der Waals surface area contributed by atoms with Gasteiger partial charge in [0.05, 0.1) is 0 Å². The normalized spacial score (nSPS) is 22.1. The summed E-state index contributed by atoms with van der Waals surface area (Å²) < 4.78 is 27.0. The number of carboxylic acids is 1. The number of carbonyl (C=O) groups is 1. The van der Waals surface area contributed by atoms with E-state index in [1.54, 1.807) is 11.4 Å². The highest BCUT2D eigenvalue weighted by Gasteiger charge is 2.37. The minimum atomic E-state index is -3.74. The summed E-state index contributed by atoms with van der Waals surface area (Å²) in [6.45, 7) is 0.268. The van der Waals surface area contributed by atoms with Gasteiger partial charge in [-0.3, -0.25) is 4.79 Å². The zero-order valence-electron chi connectivity index (χ0n) is 10.1. The van der Waals surface area contributed by atoms with E-state index in [0.717, 1.165) is 28.5 Å². The van der Waals surface area contributed by atoms with Crippen LogP contribution in [0.15, 0.2) is 20.1 Å². The highest BCUT2D eigenvalue weighted by Crippen LogP contribution is 2.33. The molecule has 8 heteroatoms. The van der Waals surface area contributed by atoms with Crippen LogP contribution in [0.5, 0.6) is 0 Å². The summed E-state index contributed by atoms with van der Waals surface area (Å²) in [6.07, 6.45) is 2.68. The third kappa shape index (κ3) is 3.01. The van der Waals surface area contributed by atoms with Gasteiger partial charge in [0, 0.05) is 11.0 Å². The summed E-state index contributed by atoms with van der Waals surface area (Å²) in [4.78, 5) is 11.3. The van der Waals surface area contributed by atoms with Gasteiger partial charge in [-0.05, 0) is 40.2 Å². The number of halogens is 1. The number of hydrogen-bond donors (Lipinski definition) is 1. The molecule has 1 saturated heterocycles. The molecule has 1 fully saturated rings. The quantitative estimate of drug-likeness (QED) is 0.890. The van der Waals surface area contributed by atoms with Crippen LogP contribution in [0.1, 0.15) is 25.7 Å². The Bertz CT molecular complexity index is 569. The molecule has 1 aliphatic rings. The first-order chi connectivity index (χ1) is 8.94. The van der Waals surface area contributed by atoms with Crippen molar-refractivity contribution >= 4 is 43.3 Å². The van der Waals surface area contributed by atoms with E-state index in [0.29, 0.717) is 17.3 Å². The lowest BCUT2D eigenvalue weighted by Crippen LogP contribution is -2.44. The number of carboxylic acid groups (broad SMARTS) is 1. The van der Waals surface area contributed by atoms with Crippen LogP contribution in [-0.2, 0) is 14.8 Å². The Balaban J connectivity index is 2.41. The third-order valence-corrected chi connectivity index (χ3v) is 7.67. The number of aliphatic carboxylic acids is 1. The van der Waals surface area contributed by atoms with Gasteiger partial charge in [-0.2, -0.15) is 4.31 Å². The molecule has 1 aromatic rings. The second kappa shape index (κ2) is 5.90. The molecule has 1 N–H and O–H groups in total. The second-order valence-corrected chi connectivity index (χ2v) is 8.23. The summed E-state index contributed by atoms with van der Waals surface area (Å²) in [7, 11) is -3.74. The number of rotatable bonds is 3. The SMILES string of the molecule is O=C(O)C1CCCCCN1S(=O)(=O)c1sccc1Br. The van der Waals surface area contributed by atoms with Gasteiger partial charge in [0.25, 0.3) is 10.0 Å². The number of hydrogen-bond acceptors (Lipinski definition) is 4. The molecule has 1 aliphatic heterocycles. The summed E-state index contributed by atoms with van der Waals surface area (Å²) in [6, 6.07) is 0.701. The van der Waals surface area contributed by atoms with E-state index in [2.05, 4.69) is 15.9 Å². The van der Waals surface area contributed by atoms with Crippen LogP contribution in [0, 0.1) is 0 Å². The first-order valence-corrected chi connectivity index (χ1v) is 9.03. The van der Waals surface area contributed by atoms with Crippen molar-refractivity contribution in [2.45, 2.75) is 35.9 Å². The Hall–Kier alpha value is -0.440. The van der Waals surface area contributed by atoms with Gasteiger partial charge in [0.15, 0.2) is 0 Å². The molecular weight excluding hydrogens is 354 g/mol. The van der Waals surface area contributed by atoms with Gasteiger partial charge in [-0.1, -0.05) is 12.8 Å². The largest absolute Gasteiger partial charge is 0.480 e. The van der Waals surface area contributed by atoms with Crippen molar-refractivity contribution in [3.63, 3.8) is 0 Å². The van der Waals surface area contributed by atoms with Crippen molar-refractivity contribution in [1.29, 1.82) is 0 Å². The van der Waals surface area contributed by atoms with Gasteiger partial charge in [-0.25, -0.2) is 8.42 Å². The molecule has 0 bridgehead atoms. The Labute approximate surface area is 124 Å². The molecule has 0 aromatic carbocycles. The Morgan fingerprint density at radius 1 is 1.42 bits per heavy atom. The van der Waals surface area contributed by atoms with Crippen molar-refractivity contribution < 1.29 is 18.3 Å². The van der Waals surface area contributed by atoms with Crippen LogP contribution >= 0.6 is 27.3 Å². The molecule has 1 unspecified atom stereocenters. The maximum atomic E-state index is 12.6. The van der Waals surface area contributed by atoms with Gasteiger partial charge in [0.2, 0.25) is 0 Å². The Morgan fingerprint density at radius 3 is 2.74 bits per heavy atom. The highest BCUT2D eigenvalue weighted by molar-refractivity contribution is 9.10. The summed E-state index contributed by atoms with van der Waals surface area (Å²) in [5.74, 6) is -1.07. The monoisotopic (exact) mass is 367 g/mol. The fraction of sp³-hybridized carbons (Fsp3) is 0.545. The molecule has 0 saturated carbocycles. The van der Waals surface area contributed by atoms with E-state index in [-0.39, 0.29) is 10.8 Å². The molecular formula is C11H14BrNO4S2. The fourth-order valence-corrected chi connectivity index (χ4v) is 6.26. The lowest BCUT2D eigenvalue weighted by atomic mass is 10.1.